The Labute approximate surface area is 188 Å². The molecule has 2 aromatic rings. The first kappa shape index (κ1) is 21.9. The maximum Gasteiger partial charge on any atom is 0.416 e. The Balaban J connectivity index is 1.72. The third-order valence-corrected chi connectivity index (χ3v) is 7.85. The fraction of sp³-hybridized carbons (Fsp3) is 0.261. The van der Waals surface area contributed by atoms with Crippen molar-refractivity contribution in [1.82, 2.24) is 4.90 Å². The maximum absolute atomic E-state index is 13.2. The van der Waals surface area contributed by atoms with Gasteiger partial charge in [-0.2, -0.15) is 17.7 Å². The number of benzene rings is 1. The van der Waals surface area contributed by atoms with Gasteiger partial charge in [-0.1, -0.05) is 30.1 Å². The van der Waals surface area contributed by atoms with E-state index in [0.29, 0.717) is 4.90 Å². The topological polar surface area (TPSA) is 10.4 Å². The summed E-state index contributed by atoms with van der Waals surface area (Å²) in [5.74, 6) is 0. The lowest BCUT2D eigenvalue weighted by Crippen LogP contribution is -2.35. The fourth-order valence-electron chi connectivity index (χ4n) is 3.66. The molecule has 1 fully saturated rings. The molecule has 3 nitrogen and oxygen atoms in total. The number of hydrogen-bond donors (Lipinski definition) is 0. The molecule has 2 aliphatic heterocycles. The molecule has 162 valence electrons. The summed E-state index contributed by atoms with van der Waals surface area (Å²) in [5, 5.41) is 1.96. The number of anilines is 1. The van der Waals surface area contributed by atoms with E-state index in [1.165, 1.54) is 17.8 Å². The number of rotatable bonds is 3. The van der Waals surface area contributed by atoms with Gasteiger partial charge < -0.3 is 9.80 Å². The van der Waals surface area contributed by atoms with Crippen LogP contribution in [0.4, 0.5) is 18.9 Å². The van der Waals surface area contributed by atoms with E-state index in [1.807, 2.05) is 30.3 Å². The molecule has 2 aliphatic rings. The third-order valence-electron chi connectivity index (χ3n) is 5.32. The molecule has 1 saturated heterocycles. The Morgan fingerprint density at radius 2 is 1.90 bits per heavy atom. The zero-order valence-corrected chi connectivity index (χ0v) is 19.2. The highest BCUT2D eigenvalue weighted by molar-refractivity contribution is 8.09. The zero-order valence-electron chi connectivity index (χ0n) is 17.5. The zero-order chi connectivity index (χ0) is 22.3. The molecule has 0 saturated carbocycles. The molecule has 0 radical (unpaired) electrons. The van der Waals surface area contributed by atoms with Gasteiger partial charge in [0.15, 0.2) is 6.20 Å². The van der Waals surface area contributed by atoms with E-state index < -0.39 is 11.7 Å². The van der Waals surface area contributed by atoms with Gasteiger partial charge in [-0.25, -0.2) is 0 Å². The molecule has 0 unspecified atom stereocenters. The van der Waals surface area contributed by atoms with Crippen molar-refractivity contribution in [3.8, 4) is 0 Å². The number of halogens is 3. The van der Waals surface area contributed by atoms with Crippen molar-refractivity contribution >= 4 is 35.3 Å². The van der Waals surface area contributed by atoms with Crippen LogP contribution in [0.15, 0.2) is 74.7 Å². The minimum atomic E-state index is -4.35. The second-order valence-corrected chi connectivity index (χ2v) is 9.22. The van der Waals surface area contributed by atoms with Gasteiger partial charge in [0.25, 0.3) is 0 Å². The van der Waals surface area contributed by atoms with E-state index >= 15 is 0 Å². The van der Waals surface area contributed by atoms with E-state index in [4.69, 9.17) is 0 Å². The summed E-state index contributed by atoms with van der Waals surface area (Å²) in [7, 11) is 1.89. The highest BCUT2D eigenvalue weighted by Gasteiger charge is 2.36. The molecule has 1 aromatic carbocycles. The van der Waals surface area contributed by atoms with Gasteiger partial charge in [0.05, 0.1) is 31.9 Å². The van der Waals surface area contributed by atoms with Crippen LogP contribution in [0.3, 0.4) is 0 Å². The summed E-state index contributed by atoms with van der Waals surface area (Å²) < 4.78 is 41.7. The van der Waals surface area contributed by atoms with E-state index in [0.717, 1.165) is 51.2 Å². The van der Waals surface area contributed by atoms with Gasteiger partial charge in [-0.05, 0) is 38.1 Å². The van der Waals surface area contributed by atoms with Crippen LogP contribution >= 0.6 is 23.5 Å². The standard InChI is InChI=1S/C23H23F3N3S2/c1-5-28-12-8-7-9-17(28)14-20-29(6-2)15(3)21(31-20)22-27(4)18-11-10-16(23(24,25)26)13-19(18)30-22/h7-14H,3,5-6H2,1-2,4H3/q+1/b22-21+. The molecule has 0 spiro atoms. The average molecular weight is 463 g/mol. The van der Waals surface area contributed by atoms with E-state index in [2.05, 4.69) is 42.0 Å². The molecule has 4 rings (SSSR count). The van der Waals surface area contributed by atoms with Crippen LogP contribution in [0.5, 0.6) is 0 Å². The number of likely N-dealkylation sites (N-methyl/N-ethyl adjacent to an activating group) is 1. The van der Waals surface area contributed by atoms with Crippen LogP contribution in [-0.4, -0.2) is 18.5 Å². The molecular weight excluding hydrogens is 439 g/mol. The second-order valence-electron chi connectivity index (χ2n) is 7.16. The third kappa shape index (κ3) is 3.99. The highest BCUT2D eigenvalue weighted by Crippen LogP contribution is 2.55. The van der Waals surface area contributed by atoms with Gasteiger partial charge in [0.2, 0.25) is 5.69 Å². The van der Waals surface area contributed by atoms with Gasteiger partial charge in [-0.3, -0.25) is 0 Å². The van der Waals surface area contributed by atoms with Crippen LogP contribution in [0, 0.1) is 0 Å². The molecule has 0 amide bonds. The summed E-state index contributed by atoms with van der Waals surface area (Å²) in [5.41, 5.74) is 2.12. The summed E-state index contributed by atoms with van der Waals surface area (Å²) in [6.45, 7) is 10.1. The average Bonchev–Trinajstić information content (AvgIpc) is 3.23. The largest absolute Gasteiger partial charge is 0.416 e. The molecule has 3 heterocycles. The van der Waals surface area contributed by atoms with Crippen LogP contribution < -0.4 is 9.47 Å². The van der Waals surface area contributed by atoms with E-state index in [-0.39, 0.29) is 0 Å². The molecule has 8 heteroatoms. The summed E-state index contributed by atoms with van der Waals surface area (Å²) in [4.78, 5) is 5.70. The normalized spacial score (nSPS) is 20.2. The number of thioether (sulfide) groups is 2. The molecule has 0 atom stereocenters. The molecular formula is C23H23F3N3S2+. The van der Waals surface area contributed by atoms with Crippen LogP contribution in [0.2, 0.25) is 0 Å². The lowest BCUT2D eigenvalue weighted by molar-refractivity contribution is -0.695. The smallest absolute Gasteiger partial charge is 0.337 e. The number of pyridine rings is 1. The summed E-state index contributed by atoms with van der Waals surface area (Å²) >= 11 is 2.98. The SMILES string of the molecule is C=C1/C(=C2\Sc3cc(C(F)(F)F)ccc3N2C)S/C(=C\c2cccc[n+]2CC)N1CC. The minimum absolute atomic E-state index is 0.612. The second kappa shape index (κ2) is 8.31. The predicted molar refractivity (Wildman–Crippen MR) is 122 cm³/mol. The number of hydrogen-bond acceptors (Lipinski definition) is 4. The Bertz CT molecular complexity index is 1110. The number of alkyl halides is 3. The van der Waals surface area contributed by atoms with Crippen LogP contribution in [0.25, 0.3) is 6.08 Å². The van der Waals surface area contributed by atoms with E-state index in [1.54, 1.807) is 17.8 Å². The molecule has 31 heavy (non-hydrogen) atoms. The van der Waals surface area contributed by atoms with Crippen molar-refractivity contribution in [2.75, 3.05) is 18.5 Å². The fourth-order valence-corrected chi connectivity index (χ4v) is 6.25. The summed E-state index contributed by atoms with van der Waals surface area (Å²) in [6.07, 6.45) is -0.161. The van der Waals surface area contributed by atoms with Crippen LogP contribution in [-0.2, 0) is 12.7 Å². The van der Waals surface area contributed by atoms with Gasteiger partial charge in [0, 0.05) is 36.7 Å². The quantitative estimate of drug-likeness (QED) is 0.495. The summed E-state index contributed by atoms with van der Waals surface area (Å²) in [6, 6.07) is 10.0. The van der Waals surface area contributed by atoms with Crippen molar-refractivity contribution < 1.29 is 17.7 Å². The Morgan fingerprint density at radius 1 is 1.13 bits per heavy atom. The molecule has 0 aliphatic carbocycles. The Hall–Kier alpha value is -2.32. The number of aryl methyl sites for hydroxylation is 1. The van der Waals surface area contributed by atoms with E-state index in [9.17, 15) is 13.2 Å². The van der Waals surface area contributed by atoms with Crippen molar-refractivity contribution in [1.29, 1.82) is 0 Å². The van der Waals surface area contributed by atoms with Gasteiger partial charge in [-0.15, -0.1) is 0 Å². The van der Waals surface area contributed by atoms with Crippen molar-refractivity contribution in [2.24, 2.45) is 0 Å². The van der Waals surface area contributed by atoms with Gasteiger partial charge in [0.1, 0.15) is 6.54 Å². The lowest BCUT2D eigenvalue weighted by Gasteiger charge is -2.19. The van der Waals surface area contributed by atoms with Crippen LogP contribution in [0.1, 0.15) is 25.1 Å². The lowest BCUT2D eigenvalue weighted by atomic mass is 10.2. The Kier molecular flexibility index (Phi) is 5.87. The first-order valence-corrected chi connectivity index (χ1v) is 11.6. The number of aromatic nitrogens is 1. The highest BCUT2D eigenvalue weighted by atomic mass is 32.2. The number of fused-ring (bicyclic) bond motifs is 1. The first-order chi connectivity index (χ1) is 14.7. The number of nitrogens with zero attached hydrogens (tertiary/aromatic N) is 3. The minimum Gasteiger partial charge on any atom is -0.337 e. The van der Waals surface area contributed by atoms with Gasteiger partial charge >= 0.3 is 6.18 Å². The van der Waals surface area contributed by atoms with Crippen molar-refractivity contribution in [3.63, 3.8) is 0 Å². The first-order valence-electron chi connectivity index (χ1n) is 9.96. The monoisotopic (exact) mass is 462 g/mol. The van der Waals surface area contributed by atoms with Crippen molar-refractivity contribution in [3.05, 3.63) is 81.1 Å². The Morgan fingerprint density at radius 3 is 2.58 bits per heavy atom. The molecule has 0 bridgehead atoms. The predicted octanol–water partition coefficient (Wildman–Crippen LogP) is 6.30. The maximum atomic E-state index is 13.2. The molecule has 1 aromatic heterocycles. The molecule has 0 N–H and O–H groups in total. The van der Waals surface area contributed by atoms with Crippen molar-refractivity contribution in [2.45, 2.75) is 31.5 Å².